The molecule has 0 N–H and O–H groups in total. The highest BCUT2D eigenvalue weighted by Gasteiger charge is 2.37. The molecule has 0 aliphatic heterocycles. The van der Waals surface area contributed by atoms with Gasteiger partial charge in [0.2, 0.25) is 0 Å². The summed E-state index contributed by atoms with van der Waals surface area (Å²) < 4.78 is 0. The van der Waals surface area contributed by atoms with Gasteiger partial charge in [0, 0.05) is 57.1 Å². The molecule has 4 nitrogen and oxygen atoms in total. The van der Waals surface area contributed by atoms with Gasteiger partial charge in [0.1, 0.15) is 0 Å². The van der Waals surface area contributed by atoms with Crippen molar-refractivity contribution in [3.63, 3.8) is 0 Å². The summed E-state index contributed by atoms with van der Waals surface area (Å²) in [5, 5.41) is 1.00. The summed E-state index contributed by atoms with van der Waals surface area (Å²) in [5.74, 6) is 0.678. The van der Waals surface area contributed by atoms with Crippen molar-refractivity contribution in [2.75, 3.05) is 0 Å². The van der Waals surface area contributed by atoms with Gasteiger partial charge in [0.25, 0.3) is 0 Å². The van der Waals surface area contributed by atoms with Gasteiger partial charge in [-0.15, -0.1) is 0 Å². The van der Waals surface area contributed by atoms with Crippen LogP contribution in [-0.2, 0) is 10.8 Å². The molecule has 2 aliphatic carbocycles. The topological polar surface area (TPSA) is 51.6 Å². The molecule has 0 spiro atoms. The Hall–Kier alpha value is -7.82. The maximum atomic E-state index is 5.56. The van der Waals surface area contributed by atoms with E-state index in [-0.39, 0.29) is 10.8 Å². The van der Waals surface area contributed by atoms with Crippen LogP contribution in [0.5, 0.6) is 0 Å². The fourth-order valence-corrected chi connectivity index (χ4v) is 10.4. The number of benzene rings is 7. The Morgan fingerprint density at radius 1 is 0.344 bits per heavy atom. The maximum Gasteiger partial charge on any atom is 0.160 e. The van der Waals surface area contributed by atoms with Gasteiger partial charge in [0.05, 0.1) is 16.9 Å². The standard InChI is InChI=1S/C60H44N4/c1-59(2)51-13-7-5-11-45(51)47-26-24-42(35-53(47)59)44-33-49(43-25-27-48-46-12-6-8-14-52(46)60(3,4)54(48)36-43)57-50(34-44)56(40-20-18-39(19-21-40)55-15-9-10-30-62-55)63-58(64-57)41-22-16-37(17-23-41)38-28-31-61-32-29-38/h5-36H,1-4H3. The Morgan fingerprint density at radius 2 is 0.875 bits per heavy atom. The van der Waals surface area contributed by atoms with E-state index in [1.54, 1.807) is 0 Å². The first-order valence-electron chi connectivity index (χ1n) is 22.1. The summed E-state index contributed by atoms with van der Waals surface area (Å²) in [6, 6.07) is 63.8. The minimum Gasteiger partial charge on any atom is -0.265 e. The van der Waals surface area contributed by atoms with Crippen LogP contribution in [0.3, 0.4) is 0 Å². The van der Waals surface area contributed by atoms with E-state index in [0.29, 0.717) is 5.82 Å². The van der Waals surface area contributed by atoms with Crippen molar-refractivity contribution < 1.29 is 0 Å². The molecule has 0 atom stereocenters. The van der Waals surface area contributed by atoms with Crippen LogP contribution in [0, 0.1) is 0 Å². The molecule has 4 heteroatoms. The highest BCUT2D eigenvalue weighted by Crippen LogP contribution is 2.52. The third kappa shape index (κ3) is 5.97. The van der Waals surface area contributed by atoms with Crippen molar-refractivity contribution in [2.24, 2.45) is 0 Å². The fourth-order valence-electron chi connectivity index (χ4n) is 10.4. The van der Waals surface area contributed by atoms with Crippen LogP contribution in [0.25, 0.3) is 100 Å². The van der Waals surface area contributed by atoms with Gasteiger partial charge >= 0.3 is 0 Å². The molecular formula is C60H44N4. The molecule has 64 heavy (non-hydrogen) atoms. The van der Waals surface area contributed by atoms with E-state index < -0.39 is 0 Å². The molecule has 2 aliphatic rings. The summed E-state index contributed by atoms with van der Waals surface area (Å²) in [4.78, 5) is 19.9. The molecule has 3 heterocycles. The first-order valence-corrected chi connectivity index (χ1v) is 22.1. The average Bonchev–Trinajstić information content (AvgIpc) is 3.72. The zero-order valence-corrected chi connectivity index (χ0v) is 36.3. The van der Waals surface area contributed by atoms with Crippen LogP contribution >= 0.6 is 0 Å². The molecule has 0 radical (unpaired) electrons. The maximum absolute atomic E-state index is 5.56. The molecule has 0 saturated heterocycles. The number of rotatable bonds is 6. The molecule has 0 saturated carbocycles. The molecule has 10 aromatic rings. The van der Waals surface area contributed by atoms with Crippen molar-refractivity contribution in [1.29, 1.82) is 0 Å². The number of nitrogens with zero attached hydrogens (tertiary/aromatic N) is 4. The van der Waals surface area contributed by atoms with E-state index in [2.05, 4.69) is 183 Å². The third-order valence-electron chi connectivity index (χ3n) is 13.9. The molecule has 0 bridgehead atoms. The SMILES string of the molecule is CC1(C)c2ccccc2-c2ccc(-c3cc(-c4ccc5c(c4)C(C)(C)c4ccccc4-5)c4nc(-c5ccc(-c6ccncc6)cc5)nc(-c5ccc(-c6ccccn6)cc5)c4c3)cc21. The molecule has 0 amide bonds. The van der Waals surface area contributed by atoms with Gasteiger partial charge in [-0.1, -0.05) is 155 Å². The van der Waals surface area contributed by atoms with E-state index in [0.717, 1.165) is 66.8 Å². The van der Waals surface area contributed by atoms with Crippen LogP contribution in [0.15, 0.2) is 195 Å². The molecular weight excluding hydrogens is 777 g/mol. The molecule has 7 aromatic carbocycles. The van der Waals surface area contributed by atoms with Crippen LogP contribution in [-0.4, -0.2) is 19.9 Å². The molecule has 0 fully saturated rings. The Kier molecular flexibility index (Phi) is 8.51. The van der Waals surface area contributed by atoms with Crippen molar-refractivity contribution >= 4 is 10.9 Å². The lowest BCUT2D eigenvalue weighted by Gasteiger charge is -2.23. The summed E-state index contributed by atoms with van der Waals surface area (Å²) in [5.41, 5.74) is 22.8. The molecule has 12 rings (SSSR count). The molecule has 304 valence electrons. The summed E-state index contributed by atoms with van der Waals surface area (Å²) in [6.07, 6.45) is 5.50. The van der Waals surface area contributed by atoms with Gasteiger partial charge < -0.3 is 0 Å². The Morgan fingerprint density at radius 3 is 1.53 bits per heavy atom. The number of aromatic nitrogens is 4. The highest BCUT2D eigenvalue weighted by molar-refractivity contribution is 6.05. The Bertz CT molecular complexity index is 3460. The Labute approximate surface area is 374 Å². The lowest BCUT2D eigenvalue weighted by atomic mass is 9.81. The minimum atomic E-state index is -0.160. The second kappa shape index (κ2) is 14.4. The van der Waals surface area contributed by atoms with Gasteiger partial charge in [-0.25, -0.2) is 9.97 Å². The predicted molar refractivity (Wildman–Crippen MR) is 263 cm³/mol. The predicted octanol–water partition coefficient (Wildman–Crippen LogP) is 15.0. The zero-order chi connectivity index (χ0) is 43.2. The average molecular weight is 821 g/mol. The first kappa shape index (κ1) is 37.9. The molecule has 0 unspecified atom stereocenters. The number of hydrogen-bond acceptors (Lipinski definition) is 4. The normalized spacial score (nSPS) is 13.9. The van der Waals surface area contributed by atoms with Crippen LogP contribution in [0.4, 0.5) is 0 Å². The van der Waals surface area contributed by atoms with Crippen LogP contribution in [0.2, 0.25) is 0 Å². The van der Waals surface area contributed by atoms with E-state index in [1.165, 1.54) is 50.1 Å². The largest absolute Gasteiger partial charge is 0.265 e. The van der Waals surface area contributed by atoms with Gasteiger partial charge in [-0.05, 0) is 121 Å². The zero-order valence-electron chi connectivity index (χ0n) is 36.3. The second-order valence-corrected chi connectivity index (χ2v) is 18.3. The van der Waals surface area contributed by atoms with Crippen LogP contribution < -0.4 is 0 Å². The first-order chi connectivity index (χ1) is 31.2. The van der Waals surface area contributed by atoms with Gasteiger partial charge in [0.15, 0.2) is 5.82 Å². The van der Waals surface area contributed by atoms with Crippen LogP contribution in [0.1, 0.15) is 49.9 Å². The van der Waals surface area contributed by atoms with Gasteiger partial charge in [-0.2, -0.15) is 0 Å². The van der Waals surface area contributed by atoms with Crippen molar-refractivity contribution in [2.45, 2.75) is 38.5 Å². The lowest BCUT2D eigenvalue weighted by molar-refractivity contribution is 0.660. The molecule has 3 aromatic heterocycles. The lowest BCUT2D eigenvalue weighted by Crippen LogP contribution is -2.15. The summed E-state index contributed by atoms with van der Waals surface area (Å²) in [6.45, 7) is 9.40. The smallest absolute Gasteiger partial charge is 0.160 e. The van der Waals surface area contributed by atoms with Crippen molar-refractivity contribution in [1.82, 2.24) is 19.9 Å². The monoisotopic (exact) mass is 820 g/mol. The van der Waals surface area contributed by atoms with E-state index >= 15 is 0 Å². The number of hydrogen-bond donors (Lipinski definition) is 0. The Balaban J connectivity index is 1.11. The second-order valence-electron chi connectivity index (χ2n) is 18.3. The van der Waals surface area contributed by atoms with E-state index in [1.807, 2.05) is 48.9 Å². The number of fused-ring (bicyclic) bond motifs is 7. The minimum absolute atomic E-state index is 0.131. The summed E-state index contributed by atoms with van der Waals surface area (Å²) >= 11 is 0. The van der Waals surface area contributed by atoms with Crippen molar-refractivity contribution in [3.8, 4) is 89.5 Å². The fraction of sp³-hybridized carbons (Fsp3) is 0.100. The summed E-state index contributed by atoms with van der Waals surface area (Å²) in [7, 11) is 0. The van der Waals surface area contributed by atoms with Crippen molar-refractivity contribution in [3.05, 3.63) is 217 Å². The van der Waals surface area contributed by atoms with E-state index in [4.69, 9.17) is 9.97 Å². The quantitative estimate of drug-likeness (QED) is 0.168. The van der Waals surface area contributed by atoms with E-state index in [9.17, 15) is 0 Å². The highest BCUT2D eigenvalue weighted by atomic mass is 14.9. The number of pyridine rings is 2. The van der Waals surface area contributed by atoms with Gasteiger partial charge in [-0.3, -0.25) is 9.97 Å². The third-order valence-corrected chi connectivity index (χ3v) is 13.9.